The van der Waals surface area contributed by atoms with E-state index in [-0.39, 0.29) is 40.3 Å². The van der Waals surface area contributed by atoms with Gasteiger partial charge in [0.2, 0.25) is 46.5 Å². The van der Waals surface area contributed by atoms with Crippen LogP contribution in [0.4, 0.5) is 31.8 Å². The van der Waals surface area contributed by atoms with Crippen molar-refractivity contribution >= 4 is 102 Å². The van der Waals surface area contributed by atoms with Gasteiger partial charge in [-0.3, -0.25) is 33.0 Å². The number of nitrogens with zero attached hydrogens (tertiary/aromatic N) is 5. The number of aromatic nitrogens is 4. The van der Waals surface area contributed by atoms with Crippen LogP contribution in [0.25, 0.3) is 0 Å². The molecule has 30 heteroatoms. The number of nitrogen functional groups attached to an aromatic ring is 1. The molecule has 0 aliphatic carbocycles. The maximum atomic E-state index is 13.5. The number of hydrogen-bond acceptors (Lipinski definition) is 17. The first-order valence-corrected chi connectivity index (χ1v) is 34.6. The number of aryl methyl sites for hydroxylation is 3. The molecule has 2 amide bonds. The molecule has 0 radical (unpaired) electrons. The van der Waals surface area contributed by atoms with E-state index in [1.807, 2.05) is 57.2 Å². The van der Waals surface area contributed by atoms with E-state index in [9.17, 15) is 62.8 Å². The van der Waals surface area contributed by atoms with Gasteiger partial charge in [-0.05, 0) is 133 Å². The Morgan fingerprint density at radius 3 is 1.29 bits per heavy atom. The zero-order valence-corrected chi connectivity index (χ0v) is 56.3. The van der Waals surface area contributed by atoms with Crippen LogP contribution in [0.1, 0.15) is 69.5 Å². The SMILES string of the molecule is CS(=O)(=O)Cl.Cc1ccc(N(c2nc(C(=O)NCc3ccc(F)cc3)c(OC(=O)c3ccccc3)c(=O)n2C)S(C)(=O)=O)cc1.Cc1ccc(N)cc1.Cc1ccc(NS(C)(=O)=O)cc1.Cn1c(Br)nc(C(=O)NCc2ccc(F)cc2)c(OC(=O)c2ccccc2)c1=O. The number of rotatable bonds is 15. The predicted octanol–water partition coefficient (Wildman–Crippen LogP) is 9.43. The van der Waals surface area contributed by atoms with Crippen molar-refractivity contribution in [3.63, 3.8) is 0 Å². The van der Waals surface area contributed by atoms with Crippen molar-refractivity contribution in [1.82, 2.24) is 29.7 Å². The maximum absolute atomic E-state index is 13.5. The summed E-state index contributed by atoms with van der Waals surface area (Å²) in [6.45, 7) is 5.80. The molecular formula is C64H63BrClF2N9O14S3. The number of ether oxygens (including phenoxy) is 2. The van der Waals surface area contributed by atoms with Gasteiger partial charge in [0.15, 0.2) is 16.1 Å². The molecule has 9 rings (SSSR count). The largest absolute Gasteiger partial charge is 0.414 e. The van der Waals surface area contributed by atoms with Gasteiger partial charge in [0, 0.05) is 49.2 Å². The first kappa shape index (κ1) is 74.8. The molecule has 0 atom stereocenters. The highest BCUT2D eigenvalue weighted by molar-refractivity contribution is 9.10. The Labute approximate surface area is 553 Å². The number of nitrogens with two attached hydrogens (primary N) is 1. The predicted molar refractivity (Wildman–Crippen MR) is 359 cm³/mol. The summed E-state index contributed by atoms with van der Waals surface area (Å²) in [5.41, 5.74) is 9.14. The highest BCUT2D eigenvalue weighted by Gasteiger charge is 2.31. The average molecular weight is 1430 g/mol. The fraction of sp³-hybridized carbons (Fsp3) is 0.156. The number of anilines is 4. The van der Waals surface area contributed by atoms with Crippen LogP contribution in [0, 0.1) is 32.4 Å². The van der Waals surface area contributed by atoms with Gasteiger partial charge < -0.3 is 25.8 Å². The number of sulfonamides is 2. The second kappa shape index (κ2) is 34.1. The number of benzene rings is 7. The lowest BCUT2D eigenvalue weighted by molar-refractivity contribution is 0.0715. The van der Waals surface area contributed by atoms with E-state index >= 15 is 0 Å². The lowest BCUT2D eigenvalue weighted by Gasteiger charge is -2.24. The summed E-state index contributed by atoms with van der Waals surface area (Å²) in [6, 6.07) is 48.1. The fourth-order valence-corrected chi connectivity index (χ4v) is 9.39. The highest BCUT2D eigenvalue weighted by atomic mass is 79.9. The van der Waals surface area contributed by atoms with Crippen LogP contribution >= 0.6 is 26.6 Å². The number of hydrogen-bond donors (Lipinski definition) is 4. The molecule has 0 bridgehead atoms. The topological polar surface area (TPSA) is 324 Å². The molecule has 0 fully saturated rings. The van der Waals surface area contributed by atoms with Gasteiger partial charge in [-0.2, -0.15) is 0 Å². The minimum atomic E-state index is -4.07. The van der Waals surface area contributed by atoms with Crippen molar-refractivity contribution in [2.45, 2.75) is 33.9 Å². The van der Waals surface area contributed by atoms with Crippen LogP contribution < -0.4 is 46.0 Å². The molecule has 0 saturated carbocycles. The molecule has 0 spiro atoms. The van der Waals surface area contributed by atoms with Crippen LogP contribution in [0.5, 0.6) is 11.5 Å². The number of nitrogens with one attached hydrogen (secondary N) is 3. The number of carbonyl (C=O) groups excluding carboxylic acids is 4. The summed E-state index contributed by atoms with van der Waals surface area (Å²) in [6.07, 6.45) is 2.98. The van der Waals surface area contributed by atoms with Gasteiger partial charge >= 0.3 is 11.9 Å². The number of amides is 2. The molecule has 23 nitrogen and oxygen atoms in total. The maximum Gasteiger partial charge on any atom is 0.343 e. The molecule has 0 unspecified atom stereocenters. The minimum absolute atomic E-state index is 0.0691. The first-order valence-electron chi connectivity index (χ1n) is 27.4. The summed E-state index contributed by atoms with van der Waals surface area (Å²) in [5.74, 6) is -5.77. The van der Waals surface area contributed by atoms with Crippen LogP contribution in [-0.4, -0.2) is 86.9 Å². The molecule has 0 saturated heterocycles. The Balaban J connectivity index is 0.000000254. The minimum Gasteiger partial charge on any atom is -0.414 e. The van der Waals surface area contributed by atoms with E-state index in [0.29, 0.717) is 16.8 Å². The summed E-state index contributed by atoms with van der Waals surface area (Å²) in [5, 5.41) is 5.13. The normalized spacial score (nSPS) is 10.8. The molecule has 9 aromatic rings. The first-order chi connectivity index (χ1) is 44.1. The molecule has 7 aromatic carbocycles. The van der Waals surface area contributed by atoms with Crippen molar-refractivity contribution < 1.29 is 62.7 Å². The lowest BCUT2D eigenvalue weighted by atomic mass is 10.2. The third-order valence-corrected chi connectivity index (χ3v) is 14.6. The van der Waals surface area contributed by atoms with Crippen molar-refractivity contribution in [3.05, 3.63) is 269 Å². The van der Waals surface area contributed by atoms with Gasteiger partial charge in [-0.25, -0.2) is 57.9 Å². The zero-order valence-electron chi connectivity index (χ0n) is 51.5. The molecular weight excluding hydrogens is 1370 g/mol. The van der Waals surface area contributed by atoms with E-state index in [4.69, 9.17) is 15.2 Å². The van der Waals surface area contributed by atoms with Crippen LogP contribution in [0.2, 0.25) is 0 Å². The van der Waals surface area contributed by atoms with Gasteiger partial charge in [0.1, 0.15) is 11.6 Å². The van der Waals surface area contributed by atoms with Gasteiger partial charge in [0.05, 0.1) is 35.6 Å². The molecule has 2 heterocycles. The zero-order chi connectivity index (χ0) is 69.7. The Morgan fingerprint density at radius 2 is 0.915 bits per heavy atom. The highest BCUT2D eigenvalue weighted by Crippen LogP contribution is 2.29. The van der Waals surface area contributed by atoms with Crippen molar-refractivity contribution in [3.8, 4) is 11.5 Å². The molecule has 94 heavy (non-hydrogen) atoms. The number of halogens is 4. The van der Waals surface area contributed by atoms with E-state index in [1.165, 1.54) is 105 Å². The average Bonchev–Trinajstić information content (AvgIpc) is 0.768. The smallest absolute Gasteiger partial charge is 0.343 e. The Bertz CT molecular complexity index is 4570. The van der Waals surface area contributed by atoms with Crippen molar-refractivity contribution in [2.24, 2.45) is 14.1 Å². The van der Waals surface area contributed by atoms with Crippen LogP contribution in [-0.2, 0) is 56.3 Å². The second-order valence-electron chi connectivity index (χ2n) is 20.2. The van der Waals surface area contributed by atoms with Crippen molar-refractivity contribution in [2.75, 3.05) is 33.5 Å². The summed E-state index contributed by atoms with van der Waals surface area (Å²) in [7, 11) is -3.24. The molecule has 5 N–H and O–H groups in total. The molecule has 2 aromatic heterocycles. The van der Waals surface area contributed by atoms with E-state index in [2.05, 4.69) is 51.9 Å². The molecule has 0 aliphatic rings. The second-order valence-corrected chi connectivity index (χ2v) is 27.5. The van der Waals surface area contributed by atoms with Gasteiger partial charge in [-0.15, -0.1) is 0 Å². The molecule has 494 valence electrons. The summed E-state index contributed by atoms with van der Waals surface area (Å²) in [4.78, 5) is 85.5. The van der Waals surface area contributed by atoms with E-state index in [1.54, 1.807) is 60.7 Å². The Morgan fingerprint density at radius 1 is 0.553 bits per heavy atom. The van der Waals surface area contributed by atoms with Crippen molar-refractivity contribution in [1.29, 1.82) is 0 Å². The third kappa shape index (κ3) is 24.3. The van der Waals surface area contributed by atoms with Crippen LogP contribution in [0.15, 0.2) is 196 Å². The monoisotopic (exact) mass is 1430 g/mol. The van der Waals surface area contributed by atoms with E-state index in [0.717, 1.165) is 49.0 Å². The lowest BCUT2D eigenvalue weighted by Crippen LogP contribution is -2.36. The summed E-state index contributed by atoms with van der Waals surface area (Å²) >= 11 is 3.10. The fourth-order valence-electron chi connectivity index (χ4n) is 7.52. The third-order valence-electron chi connectivity index (χ3n) is 12.2. The van der Waals surface area contributed by atoms with Crippen LogP contribution in [0.3, 0.4) is 0 Å². The van der Waals surface area contributed by atoms with Gasteiger partial charge in [-0.1, -0.05) is 114 Å². The van der Waals surface area contributed by atoms with E-state index < -0.39 is 98.7 Å². The number of carbonyl (C=O) groups is 4. The Hall–Kier alpha value is -9.94. The summed E-state index contributed by atoms with van der Waals surface area (Å²) < 4.78 is 108. The quantitative estimate of drug-likeness (QED) is 0.0321. The van der Waals surface area contributed by atoms with Gasteiger partial charge in [0.25, 0.3) is 22.9 Å². The molecule has 0 aliphatic heterocycles. The Kier molecular flexibility index (Phi) is 27.1. The standard InChI is InChI=1S/C28H25FN4O6S.C20H15BrFN3O4.C8H11NO2S.C7H9N.CH3ClO2S/c1-18-9-15-22(16-10-18)33(40(3,37)38)28-31-23(25(34)30-17-19-11-13-21(29)14-12-19)24(26(35)32(28)2)39-27(36)20-7-5-4-6-8-20;1-25-18(27)16(29-19(28)13-5-3-2-4-6-13)15(24-20(25)21)17(26)23-11-12-7-9-14(22)10-8-12;1-7-3-5-8(6-4-7)9-12(2,10)11;1-6-2-4-7(8)5-3-6;1-5(2,3)4/h4-16H,17H2,1-3H3,(H,30,34);2-10H,11H2,1H3,(H,23,26);3-6,9H,1-2H3;2-5H,8H2,1H3;1H3. The number of esters is 2.